The average molecular weight is 778 g/mol. The zero-order valence-corrected chi connectivity index (χ0v) is 31.9. The van der Waals surface area contributed by atoms with Crippen molar-refractivity contribution in [3.63, 3.8) is 0 Å². The Bertz CT molecular complexity index is 2500. The van der Waals surface area contributed by atoms with E-state index in [9.17, 15) is 18.8 Å². The van der Waals surface area contributed by atoms with Crippen molar-refractivity contribution in [2.75, 3.05) is 32.1 Å². The molecular weight excluding hydrogens is 737 g/mol. The number of amides is 3. The average Bonchev–Trinajstić information content (AvgIpc) is 4.02. The summed E-state index contributed by atoms with van der Waals surface area (Å²) in [7, 11) is 1.26. The number of aromatic nitrogens is 8. The maximum absolute atomic E-state index is 15.0. The first-order chi connectivity index (χ1) is 27.5. The molecular formula is C40H41F2N11O4. The molecule has 1 atom stereocenters. The number of nitrogens with one attached hydrogen (secondary N) is 1. The summed E-state index contributed by atoms with van der Waals surface area (Å²) >= 11 is 0. The van der Waals surface area contributed by atoms with Crippen LogP contribution in [0.25, 0.3) is 22.6 Å². The molecule has 15 nitrogen and oxygen atoms in total. The number of likely N-dealkylation sites (tertiary alicyclic amines) is 2. The Morgan fingerprint density at radius 1 is 0.947 bits per heavy atom. The molecule has 2 fully saturated rings. The molecule has 294 valence electrons. The zero-order chi connectivity index (χ0) is 40.0. The fourth-order valence-electron chi connectivity index (χ4n) is 7.83. The van der Waals surface area contributed by atoms with Gasteiger partial charge in [0.25, 0.3) is 11.8 Å². The molecule has 6 heterocycles. The highest BCUT2D eigenvalue weighted by Crippen LogP contribution is 2.31. The first-order valence-corrected chi connectivity index (χ1v) is 18.9. The Morgan fingerprint density at radius 3 is 2.44 bits per heavy atom. The van der Waals surface area contributed by atoms with Crippen molar-refractivity contribution in [3.05, 3.63) is 101 Å². The molecule has 3 amide bonds. The zero-order valence-electron chi connectivity index (χ0n) is 31.9. The SMILES string of the molecule is CCCc1c(C(=O)N2CCC(N3CCC(n4cc(-c5ccc(NC(=O)c6cnn7c(C)cc(C)nc67)cc5)nn4)C3=O)CC2)cnn1-c1cc(F)c(OC)cc1F. The largest absolute Gasteiger partial charge is 0.494 e. The maximum Gasteiger partial charge on any atom is 0.261 e. The number of benzene rings is 2. The van der Waals surface area contributed by atoms with Crippen LogP contribution in [0.1, 0.15) is 76.4 Å². The topological polar surface area (TPSA) is 158 Å². The number of nitrogens with zero attached hydrogens (tertiary/aromatic N) is 10. The predicted octanol–water partition coefficient (Wildman–Crippen LogP) is 5.36. The summed E-state index contributed by atoms with van der Waals surface area (Å²) in [4.78, 5) is 48.7. The highest BCUT2D eigenvalue weighted by atomic mass is 19.1. The van der Waals surface area contributed by atoms with Gasteiger partial charge >= 0.3 is 0 Å². The number of carbonyl (C=O) groups is 3. The number of ether oxygens (including phenoxy) is 1. The van der Waals surface area contributed by atoms with Gasteiger partial charge in [0.2, 0.25) is 5.91 Å². The smallest absolute Gasteiger partial charge is 0.261 e. The Kier molecular flexibility index (Phi) is 9.97. The van der Waals surface area contributed by atoms with Crippen LogP contribution >= 0.6 is 0 Å². The third-order valence-electron chi connectivity index (χ3n) is 10.7. The molecule has 1 unspecified atom stereocenters. The number of anilines is 1. The third-order valence-corrected chi connectivity index (χ3v) is 10.7. The number of rotatable bonds is 10. The van der Waals surface area contributed by atoms with Crippen LogP contribution in [0.15, 0.2) is 61.1 Å². The van der Waals surface area contributed by atoms with Crippen LogP contribution in [-0.2, 0) is 11.2 Å². The summed E-state index contributed by atoms with van der Waals surface area (Å²) in [6.07, 6.45) is 7.55. The maximum atomic E-state index is 15.0. The normalized spacial score (nSPS) is 16.2. The first kappa shape index (κ1) is 37.4. The van der Waals surface area contributed by atoms with Gasteiger partial charge in [-0.3, -0.25) is 14.4 Å². The minimum atomic E-state index is -0.733. The lowest BCUT2D eigenvalue weighted by atomic mass is 10.0. The van der Waals surface area contributed by atoms with Crippen LogP contribution in [0.2, 0.25) is 0 Å². The van der Waals surface area contributed by atoms with E-state index in [1.165, 1.54) is 24.2 Å². The summed E-state index contributed by atoms with van der Waals surface area (Å²) < 4.78 is 39.0. The molecule has 2 aliphatic rings. The second-order valence-electron chi connectivity index (χ2n) is 14.4. The van der Waals surface area contributed by atoms with Crippen molar-refractivity contribution in [2.24, 2.45) is 0 Å². The minimum Gasteiger partial charge on any atom is -0.494 e. The van der Waals surface area contributed by atoms with E-state index < -0.39 is 17.7 Å². The van der Waals surface area contributed by atoms with E-state index in [2.05, 4.69) is 30.8 Å². The molecule has 57 heavy (non-hydrogen) atoms. The summed E-state index contributed by atoms with van der Waals surface area (Å²) in [5.41, 5.74) is 5.24. The van der Waals surface area contributed by atoms with Gasteiger partial charge in [0, 0.05) is 60.4 Å². The summed E-state index contributed by atoms with van der Waals surface area (Å²) in [6, 6.07) is 10.6. The molecule has 0 aliphatic carbocycles. The van der Waals surface area contributed by atoms with Crippen molar-refractivity contribution in [3.8, 4) is 22.7 Å². The molecule has 0 spiro atoms. The number of aryl methyl sites for hydroxylation is 2. The van der Waals surface area contributed by atoms with E-state index >= 15 is 4.39 Å². The van der Waals surface area contributed by atoms with Gasteiger partial charge in [-0.1, -0.05) is 30.7 Å². The Morgan fingerprint density at radius 2 is 1.70 bits per heavy atom. The molecule has 2 aliphatic heterocycles. The van der Waals surface area contributed by atoms with Crippen molar-refractivity contribution in [1.29, 1.82) is 0 Å². The van der Waals surface area contributed by atoms with Crippen LogP contribution < -0.4 is 10.1 Å². The molecule has 8 rings (SSSR count). The number of fused-ring (bicyclic) bond motifs is 1. The van der Waals surface area contributed by atoms with Crippen molar-refractivity contribution in [1.82, 2.24) is 49.2 Å². The lowest BCUT2D eigenvalue weighted by molar-refractivity contribution is -0.133. The molecule has 4 aromatic heterocycles. The number of methoxy groups -OCH3 is 1. The second kappa shape index (κ2) is 15.2. The summed E-state index contributed by atoms with van der Waals surface area (Å²) in [5.74, 6) is -2.26. The monoisotopic (exact) mass is 777 g/mol. The molecule has 2 saturated heterocycles. The Hall–Kier alpha value is -6.52. The minimum absolute atomic E-state index is 0.0397. The number of hydrogen-bond acceptors (Lipinski definition) is 9. The molecule has 6 aromatic rings. The van der Waals surface area contributed by atoms with E-state index in [-0.39, 0.29) is 35.2 Å². The van der Waals surface area contributed by atoms with Gasteiger partial charge in [0.05, 0.1) is 37.0 Å². The molecule has 0 saturated carbocycles. The fourth-order valence-corrected chi connectivity index (χ4v) is 7.83. The predicted molar refractivity (Wildman–Crippen MR) is 204 cm³/mol. The van der Waals surface area contributed by atoms with Crippen molar-refractivity contribution >= 4 is 29.1 Å². The quantitative estimate of drug-likeness (QED) is 0.193. The van der Waals surface area contributed by atoms with Crippen LogP contribution in [0, 0.1) is 25.5 Å². The Balaban J connectivity index is 0.883. The molecule has 1 N–H and O–H groups in total. The molecule has 17 heteroatoms. The summed E-state index contributed by atoms with van der Waals surface area (Å²) in [6.45, 7) is 7.14. The first-order valence-electron chi connectivity index (χ1n) is 18.9. The van der Waals surface area contributed by atoms with Gasteiger partial charge in [-0.05, 0) is 57.7 Å². The number of halogens is 2. The standard InChI is InChI=1S/C40H41F2N11O4/c1-5-6-33-28(20-44-53(33)35-18-31(42)36(57-4)19-30(35)41)39(55)49-14-11-27(12-15-49)50-16-13-34(40(50)56)51-22-32(47-48-51)25-7-9-26(10-8-25)46-38(54)29-21-43-52-24(3)17-23(2)45-37(29)52/h7-10,17-22,27,34H,5-6,11-16H2,1-4H3,(H,46,54). The van der Waals surface area contributed by atoms with Gasteiger partial charge in [0.1, 0.15) is 23.0 Å². The van der Waals surface area contributed by atoms with Crippen molar-refractivity contribution < 1.29 is 27.9 Å². The molecule has 2 aromatic carbocycles. The Labute approximate surface area is 326 Å². The number of piperidine rings is 1. The van der Waals surface area contributed by atoms with E-state index in [1.807, 2.05) is 43.9 Å². The van der Waals surface area contributed by atoms with Gasteiger partial charge in [-0.2, -0.15) is 10.2 Å². The second-order valence-corrected chi connectivity index (χ2v) is 14.4. The van der Waals surface area contributed by atoms with Crippen LogP contribution in [0.4, 0.5) is 14.5 Å². The van der Waals surface area contributed by atoms with E-state index in [0.717, 1.165) is 29.1 Å². The molecule has 0 bridgehead atoms. The van der Waals surface area contributed by atoms with Gasteiger partial charge in [0.15, 0.2) is 23.0 Å². The van der Waals surface area contributed by atoms with Crippen LogP contribution in [0.5, 0.6) is 5.75 Å². The van der Waals surface area contributed by atoms with E-state index in [0.29, 0.717) is 85.6 Å². The lowest BCUT2D eigenvalue weighted by Crippen LogP contribution is -2.47. The highest BCUT2D eigenvalue weighted by molar-refractivity contribution is 6.08. The van der Waals surface area contributed by atoms with Crippen molar-refractivity contribution in [2.45, 2.75) is 65.0 Å². The molecule has 0 radical (unpaired) electrons. The van der Waals surface area contributed by atoms with E-state index in [4.69, 9.17) is 4.74 Å². The van der Waals surface area contributed by atoms with Gasteiger partial charge in [-0.15, -0.1) is 5.10 Å². The summed E-state index contributed by atoms with van der Waals surface area (Å²) in [5, 5.41) is 20.2. The third kappa shape index (κ3) is 6.97. The highest BCUT2D eigenvalue weighted by Gasteiger charge is 2.39. The van der Waals surface area contributed by atoms with Crippen LogP contribution in [-0.4, -0.2) is 99.7 Å². The fraction of sp³-hybridized carbons (Fsp3) is 0.350. The number of hydrogen-bond donors (Lipinski definition) is 1. The van der Waals surface area contributed by atoms with Gasteiger partial charge < -0.3 is 19.9 Å². The van der Waals surface area contributed by atoms with Crippen LogP contribution in [0.3, 0.4) is 0 Å². The number of carbonyl (C=O) groups excluding carboxylic acids is 3. The van der Waals surface area contributed by atoms with Gasteiger partial charge in [-0.25, -0.2) is 27.6 Å². The van der Waals surface area contributed by atoms with E-state index in [1.54, 1.807) is 32.4 Å². The lowest BCUT2D eigenvalue weighted by Gasteiger charge is -2.36.